The minimum atomic E-state index is -0.171. The van der Waals surface area contributed by atoms with Gasteiger partial charge in [0, 0.05) is 0 Å². The maximum atomic E-state index is 12.6. The highest BCUT2D eigenvalue weighted by atomic mass is 16.2. The van der Waals surface area contributed by atoms with Gasteiger partial charge in [-0.25, -0.2) is 4.90 Å². The average Bonchev–Trinajstić information content (AvgIpc) is 2.76. The monoisotopic (exact) mass is 273 g/mol. The molecule has 20 heavy (non-hydrogen) atoms. The van der Waals surface area contributed by atoms with Crippen LogP contribution in [0.25, 0.3) is 0 Å². The lowest BCUT2D eigenvalue weighted by Crippen LogP contribution is -3.17. The molecular weight excluding hydrogens is 252 g/mol. The number of para-hydroxylation sites is 1. The lowest BCUT2D eigenvalue weighted by molar-refractivity contribution is -0.920. The van der Waals surface area contributed by atoms with Crippen LogP contribution in [0.4, 0.5) is 5.69 Å². The molecule has 2 heterocycles. The third-order valence-electron chi connectivity index (χ3n) is 4.57. The normalized spacial score (nSPS) is 30.9. The molecule has 0 bridgehead atoms. The van der Waals surface area contributed by atoms with E-state index in [1.807, 2.05) is 30.3 Å². The van der Waals surface area contributed by atoms with Crippen LogP contribution in [0.15, 0.2) is 30.3 Å². The molecule has 2 saturated heterocycles. The lowest BCUT2D eigenvalue weighted by Gasteiger charge is -2.30. The minimum absolute atomic E-state index is 0.0225. The topological polar surface area (TPSA) is 41.8 Å². The number of carbonyl (C=O) groups excluding carboxylic acids is 2. The Morgan fingerprint density at radius 1 is 1.10 bits per heavy atom. The zero-order chi connectivity index (χ0) is 14.1. The predicted octanol–water partition coefficient (Wildman–Crippen LogP) is 0.633. The van der Waals surface area contributed by atoms with E-state index in [-0.39, 0.29) is 17.9 Å². The second-order valence-electron chi connectivity index (χ2n) is 6.00. The maximum absolute atomic E-state index is 12.6. The fourth-order valence-electron chi connectivity index (χ4n) is 3.28. The van der Waals surface area contributed by atoms with E-state index in [4.69, 9.17) is 0 Å². The Bertz CT molecular complexity index is 506. The van der Waals surface area contributed by atoms with E-state index in [1.54, 1.807) is 0 Å². The Kier molecular flexibility index (Phi) is 3.57. The zero-order valence-electron chi connectivity index (χ0n) is 11.8. The van der Waals surface area contributed by atoms with E-state index in [2.05, 4.69) is 6.92 Å². The number of hydrogen-bond donors (Lipinski definition) is 1. The first-order valence-corrected chi connectivity index (χ1v) is 7.43. The molecule has 3 rings (SSSR count). The van der Waals surface area contributed by atoms with Crippen LogP contribution in [-0.2, 0) is 9.59 Å². The van der Waals surface area contributed by atoms with Crippen LogP contribution in [0.3, 0.4) is 0 Å². The second-order valence-corrected chi connectivity index (χ2v) is 6.00. The molecule has 2 amide bonds. The Balaban J connectivity index is 1.77. The molecule has 1 atom stereocenters. The Morgan fingerprint density at radius 2 is 1.75 bits per heavy atom. The summed E-state index contributed by atoms with van der Waals surface area (Å²) in [5.41, 5.74) is 0.703. The van der Waals surface area contributed by atoms with Gasteiger partial charge in [0.25, 0.3) is 5.91 Å². The summed E-state index contributed by atoms with van der Waals surface area (Å²) < 4.78 is 0. The number of amides is 2. The molecule has 2 aliphatic rings. The molecule has 1 aromatic carbocycles. The van der Waals surface area contributed by atoms with Crippen molar-refractivity contribution in [3.8, 4) is 0 Å². The van der Waals surface area contributed by atoms with E-state index in [1.165, 1.54) is 9.80 Å². The van der Waals surface area contributed by atoms with Crippen molar-refractivity contribution in [1.82, 2.24) is 0 Å². The SMILES string of the molecule is CC1CC[NH+]([C@@H]2CC(=O)N(c3ccccc3)C2=O)CC1. The van der Waals surface area contributed by atoms with Crippen LogP contribution in [-0.4, -0.2) is 30.9 Å². The molecule has 2 fully saturated rings. The molecule has 0 aromatic heterocycles. The molecule has 1 aromatic rings. The van der Waals surface area contributed by atoms with Gasteiger partial charge in [-0.3, -0.25) is 9.59 Å². The Morgan fingerprint density at radius 3 is 2.40 bits per heavy atom. The van der Waals surface area contributed by atoms with Gasteiger partial charge >= 0.3 is 0 Å². The fraction of sp³-hybridized carbons (Fsp3) is 0.500. The summed E-state index contributed by atoms with van der Waals surface area (Å²) in [6, 6.07) is 9.09. The van der Waals surface area contributed by atoms with E-state index in [0.717, 1.165) is 31.8 Å². The summed E-state index contributed by atoms with van der Waals surface area (Å²) in [6.07, 6.45) is 2.66. The van der Waals surface area contributed by atoms with E-state index in [9.17, 15) is 9.59 Å². The van der Waals surface area contributed by atoms with Crippen molar-refractivity contribution in [3.63, 3.8) is 0 Å². The molecule has 1 N–H and O–H groups in total. The van der Waals surface area contributed by atoms with Gasteiger partial charge in [0.1, 0.15) is 0 Å². The van der Waals surface area contributed by atoms with Gasteiger partial charge in [-0.2, -0.15) is 0 Å². The quantitative estimate of drug-likeness (QED) is 0.803. The van der Waals surface area contributed by atoms with Gasteiger partial charge in [-0.1, -0.05) is 25.1 Å². The third kappa shape index (κ3) is 2.36. The van der Waals surface area contributed by atoms with Crippen molar-refractivity contribution in [3.05, 3.63) is 30.3 Å². The van der Waals surface area contributed by atoms with Crippen LogP contribution in [0.1, 0.15) is 26.2 Å². The molecule has 0 spiro atoms. The van der Waals surface area contributed by atoms with Gasteiger partial charge in [0.2, 0.25) is 5.91 Å². The number of quaternary nitrogens is 1. The van der Waals surface area contributed by atoms with E-state index >= 15 is 0 Å². The minimum Gasteiger partial charge on any atom is -0.324 e. The van der Waals surface area contributed by atoms with Crippen LogP contribution in [0.5, 0.6) is 0 Å². The number of nitrogens with zero attached hydrogens (tertiary/aromatic N) is 1. The lowest BCUT2D eigenvalue weighted by atomic mass is 9.97. The van der Waals surface area contributed by atoms with Crippen LogP contribution in [0, 0.1) is 5.92 Å². The predicted molar refractivity (Wildman–Crippen MR) is 76.4 cm³/mol. The first-order valence-electron chi connectivity index (χ1n) is 7.43. The highest BCUT2D eigenvalue weighted by Gasteiger charge is 2.46. The molecule has 4 nitrogen and oxygen atoms in total. The number of benzene rings is 1. The molecule has 4 heteroatoms. The van der Waals surface area contributed by atoms with E-state index < -0.39 is 0 Å². The van der Waals surface area contributed by atoms with Gasteiger partial charge in [-0.15, -0.1) is 0 Å². The highest BCUT2D eigenvalue weighted by molar-refractivity contribution is 6.21. The van der Waals surface area contributed by atoms with Crippen LogP contribution < -0.4 is 9.80 Å². The first kappa shape index (κ1) is 13.3. The zero-order valence-corrected chi connectivity index (χ0v) is 11.8. The van der Waals surface area contributed by atoms with Crippen molar-refractivity contribution in [2.45, 2.75) is 32.2 Å². The average molecular weight is 273 g/mol. The second kappa shape index (κ2) is 5.37. The van der Waals surface area contributed by atoms with Crippen molar-refractivity contribution >= 4 is 17.5 Å². The molecule has 0 unspecified atom stereocenters. The summed E-state index contributed by atoms with van der Waals surface area (Å²) in [4.78, 5) is 27.4. The number of piperidine rings is 1. The summed E-state index contributed by atoms with van der Waals surface area (Å²) in [5.74, 6) is 0.666. The molecular formula is C16H21N2O2+. The smallest absolute Gasteiger partial charge is 0.292 e. The maximum Gasteiger partial charge on any atom is 0.292 e. The summed E-state index contributed by atoms with van der Waals surface area (Å²) in [7, 11) is 0. The third-order valence-corrected chi connectivity index (χ3v) is 4.57. The van der Waals surface area contributed by atoms with Crippen LogP contribution in [0.2, 0.25) is 0 Å². The molecule has 0 radical (unpaired) electrons. The Hall–Kier alpha value is -1.68. The summed E-state index contributed by atoms with van der Waals surface area (Å²) in [5, 5.41) is 0. The van der Waals surface area contributed by atoms with E-state index in [0.29, 0.717) is 12.1 Å². The Labute approximate surface area is 119 Å². The van der Waals surface area contributed by atoms with Crippen molar-refractivity contribution in [2.24, 2.45) is 5.92 Å². The van der Waals surface area contributed by atoms with Gasteiger partial charge in [0.05, 0.1) is 25.2 Å². The number of likely N-dealkylation sites (tertiary alicyclic amines) is 1. The summed E-state index contributed by atoms with van der Waals surface area (Å²) in [6.45, 7) is 4.27. The van der Waals surface area contributed by atoms with Gasteiger partial charge in [-0.05, 0) is 30.9 Å². The first-order chi connectivity index (χ1) is 9.66. The van der Waals surface area contributed by atoms with Crippen molar-refractivity contribution < 1.29 is 14.5 Å². The number of nitrogens with one attached hydrogen (secondary N) is 1. The fourth-order valence-corrected chi connectivity index (χ4v) is 3.28. The highest BCUT2D eigenvalue weighted by Crippen LogP contribution is 2.21. The molecule has 106 valence electrons. The largest absolute Gasteiger partial charge is 0.324 e. The van der Waals surface area contributed by atoms with Gasteiger partial charge < -0.3 is 4.90 Å². The number of anilines is 1. The molecule has 0 aliphatic carbocycles. The molecule has 2 aliphatic heterocycles. The van der Waals surface area contributed by atoms with Crippen molar-refractivity contribution in [1.29, 1.82) is 0 Å². The summed E-state index contributed by atoms with van der Waals surface area (Å²) >= 11 is 0. The number of carbonyl (C=O) groups is 2. The standard InChI is InChI=1S/C16H20N2O2/c1-12-7-9-17(10-8-12)14-11-15(19)18(16(14)20)13-5-3-2-4-6-13/h2-6,12,14H,7-11H2,1H3/p+1/t14-/m1/s1. The van der Waals surface area contributed by atoms with Gasteiger partial charge in [0.15, 0.2) is 6.04 Å². The number of rotatable bonds is 2. The van der Waals surface area contributed by atoms with Crippen LogP contribution >= 0.6 is 0 Å². The number of imide groups is 1. The van der Waals surface area contributed by atoms with Crippen molar-refractivity contribution in [2.75, 3.05) is 18.0 Å². The number of hydrogen-bond acceptors (Lipinski definition) is 2. The molecule has 0 saturated carbocycles.